The first-order chi connectivity index (χ1) is 21.2. The number of nitrogen functional groups attached to an aromatic ring is 1. The molecule has 0 amide bonds. The van der Waals surface area contributed by atoms with E-state index in [0.717, 1.165) is 22.1 Å². The highest BCUT2D eigenvalue weighted by molar-refractivity contribution is 7.98. The molecule has 0 unspecified atom stereocenters. The predicted octanol–water partition coefficient (Wildman–Crippen LogP) is 5.72. The lowest BCUT2D eigenvalue weighted by molar-refractivity contribution is -0.0913. The number of fused-ring (bicyclic) bond motifs is 1. The lowest BCUT2D eigenvalue weighted by Crippen LogP contribution is -2.38. The number of rotatable bonds is 13. The largest absolute Gasteiger partial charge is 0.374 e. The smallest absolute Gasteiger partial charge is 0.191 e. The SMILES string of the molecule is CSc1nc(NN)c2ccn([C@@H]3O[C@H](COCc4ccccc4)[C@@H](OCc4ccccc4)[C@@H]3OCc3ccccc3)c2n1. The predicted molar refractivity (Wildman–Crippen MR) is 167 cm³/mol. The van der Waals surface area contributed by atoms with Gasteiger partial charge in [-0.25, -0.2) is 15.8 Å². The molecule has 0 saturated carbocycles. The Morgan fingerprint density at radius 1 is 0.791 bits per heavy atom. The molecule has 1 aliphatic heterocycles. The molecule has 5 aromatic rings. The van der Waals surface area contributed by atoms with E-state index in [1.807, 2.05) is 102 Å². The van der Waals surface area contributed by atoms with Crippen molar-refractivity contribution in [2.45, 2.75) is 49.5 Å². The Morgan fingerprint density at radius 3 is 1.95 bits per heavy atom. The van der Waals surface area contributed by atoms with Crippen LogP contribution in [0.1, 0.15) is 22.9 Å². The van der Waals surface area contributed by atoms with E-state index >= 15 is 0 Å². The Morgan fingerprint density at radius 2 is 1.37 bits per heavy atom. The quantitative estimate of drug-likeness (QED) is 0.0763. The molecular formula is C33H35N5O4S. The molecular weight excluding hydrogens is 562 g/mol. The van der Waals surface area contributed by atoms with Crippen molar-refractivity contribution in [3.63, 3.8) is 0 Å². The summed E-state index contributed by atoms with van der Waals surface area (Å²) in [6.07, 6.45) is 2.05. The van der Waals surface area contributed by atoms with Crippen LogP contribution in [0.3, 0.4) is 0 Å². The molecule has 1 aliphatic rings. The minimum absolute atomic E-state index is 0.329. The topological polar surface area (TPSA) is 106 Å². The highest BCUT2D eigenvalue weighted by Crippen LogP contribution is 2.38. The van der Waals surface area contributed by atoms with Crippen molar-refractivity contribution in [2.24, 2.45) is 5.84 Å². The van der Waals surface area contributed by atoms with Gasteiger partial charge in [0.1, 0.15) is 24.0 Å². The number of hydrogen-bond acceptors (Lipinski definition) is 9. The fourth-order valence-corrected chi connectivity index (χ4v) is 5.63. The van der Waals surface area contributed by atoms with Gasteiger partial charge in [0.2, 0.25) is 0 Å². The van der Waals surface area contributed by atoms with Crippen molar-refractivity contribution in [3.8, 4) is 0 Å². The second-order valence-electron chi connectivity index (χ2n) is 10.3. The number of nitrogens with zero attached hydrogens (tertiary/aromatic N) is 3. The summed E-state index contributed by atoms with van der Waals surface area (Å²) in [7, 11) is 0. The summed E-state index contributed by atoms with van der Waals surface area (Å²) in [6.45, 7) is 1.60. The summed E-state index contributed by atoms with van der Waals surface area (Å²) in [5, 5.41) is 1.39. The van der Waals surface area contributed by atoms with Crippen LogP contribution in [-0.4, -0.2) is 45.7 Å². The molecule has 3 aromatic carbocycles. The molecule has 2 aromatic heterocycles. The van der Waals surface area contributed by atoms with Crippen LogP contribution < -0.4 is 11.3 Å². The molecule has 10 heteroatoms. The first-order valence-corrected chi connectivity index (χ1v) is 15.4. The molecule has 0 radical (unpaired) electrons. The zero-order valence-corrected chi connectivity index (χ0v) is 24.7. The molecule has 3 heterocycles. The van der Waals surface area contributed by atoms with E-state index in [0.29, 0.717) is 43.0 Å². The van der Waals surface area contributed by atoms with Crippen molar-refractivity contribution in [2.75, 3.05) is 18.3 Å². The molecule has 0 bridgehead atoms. The number of hydrazine groups is 1. The van der Waals surface area contributed by atoms with Crippen LogP contribution >= 0.6 is 11.8 Å². The van der Waals surface area contributed by atoms with Crippen molar-refractivity contribution in [1.29, 1.82) is 0 Å². The Bertz CT molecular complexity index is 1590. The van der Waals surface area contributed by atoms with Crippen LogP contribution in [0, 0.1) is 0 Å². The second-order valence-corrected chi connectivity index (χ2v) is 11.0. The number of benzene rings is 3. The standard InChI is InChI=1S/C33H35N5O4S/c1-43-33-35-30(37-34)26-17-18-38(31(26)36-33)32-29(41-21-25-15-9-4-10-16-25)28(40-20-24-13-7-3-8-14-24)27(42-32)22-39-19-23-11-5-2-6-12-23/h2-18,27-29,32H,19-22,34H2,1H3,(H,35,36,37)/t27-,28-,29+,32-/m1/s1. The zero-order chi connectivity index (χ0) is 29.4. The van der Waals surface area contributed by atoms with Gasteiger partial charge in [0.25, 0.3) is 0 Å². The Labute approximate surface area is 255 Å². The highest BCUT2D eigenvalue weighted by atomic mass is 32.2. The van der Waals surface area contributed by atoms with Crippen LogP contribution in [0.5, 0.6) is 0 Å². The van der Waals surface area contributed by atoms with E-state index in [1.165, 1.54) is 11.8 Å². The van der Waals surface area contributed by atoms with Crippen LogP contribution in [0.15, 0.2) is 108 Å². The molecule has 3 N–H and O–H groups in total. The van der Waals surface area contributed by atoms with Gasteiger partial charge >= 0.3 is 0 Å². The molecule has 6 rings (SSSR count). The monoisotopic (exact) mass is 597 g/mol. The summed E-state index contributed by atoms with van der Waals surface area (Å²) >= 11 is 1.44. The van der Waals surface area contributed by atoms with Gasteiger partial charge in [0.05, 0.1) is 31.8 Å². The van der Waals surface area contributed by atoms with Gasteiger partial charge in [-0.3, -0.25) is 0 Å². The number of nitrogens with one attached hydrogen (secondary N) is 1. The number of hydrogen-bond donors (Lipinski definition) is 2. The number of thioether (sulfide) groups is 1. The summed E-state index contributed by atoms with van der Waals surface area (Å²) in [5.74, 6) is 6.38. The second kappa shape index (κ2) is 14.1. The fraction of sp³-hybridized carbons (Fsp3) is 0.273. The first kappa shape index (κ1) is 29.3. The minimum Gasteiger partial charge on any atom is -0.374 e. The molecule has 0 aliphatic carbocycles. The average molecular weight is 598 g/mol. The van der Waals surface area contributed by atoms with E-state index in [9.17, 15) is 0 Å². The van der Waals surface area contributed by atoms with Gasteiger partial charge < -0.3 is 28.9 Å². The van der Waals surface area contributed by atoms with Crippen LogP contribution in [0.2, 0.25) is 0 Å². The van der Waals surface area contributed by atoms with Crippen LogP contribution in [-0.2, 0) is 38.8 Å². The van der Waals surface area contributed by atoms with Crippen LogP contribution in [0.25, 0.3) is 11.0 Å². The molecule has 43 heavy (non-hydrogen) atoms. The highest BCUT2D eigenvalue weighted by Gasteiger charge is 2.48. The van der Waals surface area contributed by atoms with Crippen molar-refractivity contribution in [3.05, 3.63) is 120 Å². The van der Waals surface area contributed by atoms with Gasteiger partial charge in [0.15, 0.2) is 17.2 Å². The van der Waals surface area contributed by atoms with E-state index in [4.69, 9.17) is 29.8 Å². The first-order valence-electron chi connectivity index (χ1n) is 14.2. The Hall–Kier alpha value is -3.77. The third-order valence-electron chi connectivity index (χ3n) is 7.39. The summed E-state index contributed by atoms with van der Waals surface area (Å²) in [6, 6.07) is 32.3. The van der Waals surface area contributed by atoms with E-state index < -0.39 is 24.5 Å². The summed E-state index contributed by atoms with van der Waals surface area (Å²) < 4.78 is 28.2. The van der Waals surface area contributed by atoms with E-state index in [1.54, 1.807) is 0 Å². The van der Waals surface area contributed by atoms with Gasteiger partial charge in [-0.05, 0) is 29.0 Å². The Kier molecular flexibility index (Phi) is 9.63. The molecule has 9 nitrogen and oxygen atoms in total. The Balaban J connectivity index is 1.33. The molecule has 1 fully saturated rings. The third kappa shape index (κ3) is 6.91. The number of anilines is 1. The van der Waals surface area contributed by atoms with Crippen LogP contribution in [0.4, 0.5) is 5.82 Å². The average Bonchev–Trinajstić information content (AvgIpc) is 3.64. The van der Waals surface area contributed by atoms with Crippen molar-refractivity contribution in [1.82, 2.24) is 14.5 Å². The van der Waals surface area contributed by atoms with Gasteiger partial charge in [0, 0.05) is 6.20 Å². The summed E-state index contributed by atoms with van der Waals surface area (Å²) in [4.78, 5) is 9.34. The van der Waals surface area contributed by atoms with Gasteiger partial charge in [-0.2, -0.15) is 0 Å². The minimum atomic E-state index is -0.539. The third-order valence-corrected chi connectivity index (χ3v) is 7.94. The van der Waals surface area contributed by atoms with Gasteiger partial charge in [-0.15, -0.1) is 0 Å². The molecule has 4 atom stereocenters. The van der Waals surface area contributed by atoms with E-state index in [2.05, 4.69) is 22.5 Å². The number of nitrogens with two attached hydrogens (primary N) is 1. The fourth-order valence-electron chi connectivity index (χ4n) is 5.27. The van der Waals surface area contributed by atoms with Gasteiger partial charge in [-0.1, -0.05) is 103 Å². The molecule has 1 saturated heterocycles. The maximum atomic E-state index is 6.77. The normalized spacial score (nSPS) is 20.0. The molecule has 0 spiro atoms. The lowest BCUT2D eigenvalue weighted by atomic mass is 10.1. The lowest BCUT2D eigenvalue weighted by Gasteiger charge is -2.26. The van der Waals surface area contributed by atoms with Crippen molar-refractivity contribution >= 4 is 28.6 Å². The number of aromatic nitrogens is 3. The van der Waals surface area contributed by atoms with Crippen molar-refractivity contribution < 1.29 is 18.9 Å². The summed E-state index contributed by atoms with van der Waals surface area (Å²) in [5.41, 5.74) is 6.63. The molecule has 222 valence electrons. The maximum absolute atomic E-state index is 6.77. The zero-order valence-electron chi connectivity index (χ0n) is 23.9. The maximum Gasteiger partial charge on any atom is 0.191 e. The number of ether oxygens (including phenoxy) is 4. The van der Waals surface area contributed by atoms with E-state index in [-0.39, 0.29) is 0 Å².